The second-order valence-electron chi connectivity index (χ2n) is 6.75. The van der Waals surface area contributed by atoms with Crippen molar-refractivity contribution in [3.8, 4) is 0 Å². The fourth-order valence-electron chi connectivity index (χ4n) is 5.04. The predicted octanol–water partition coefficient (Wildman–Crippen LogP) is 2.80. The third kappa shape index (κ3) is 2.00. The maximum Gasteiger partial charge on any atom is 0.228 e. The van der Waals surface area contributed by atoms with Crippen molar-refractivity contribution in [3.63, 3.8) is 0 Å². The molecule has 0 N–H and O–H groups in total. The van der Waals surface area contributed by atoms with Crippen molar-refractivity contribution in [2.24, 2.45) is 23.7 Å². The van der Waals surface area contributed by atoms with Gasteiger partial charge in [-0.3, -0.25) is 0 Å². The van der Waals surface area contributed by atoms with Gasteiger partial charge in [0, 0.05) is 13.0 Å². The van der Waals surface area contributed by atoms with Crippen LogP contribution in [-0.4, -0.2) is 23.9 Å². The lowest BCUT2D eigenvalue weighted by Gasteiger charge is -2.53. The monoisotopic (exact) mass is 262 g/mol. The molecule has 4 aliphatic rings. The van der Waals surface area contributed by atoms with E-state index in [1.54, 1.807) is 7.11 Å². The minimum Gasteiger partial charge on any atom is -0.384 e. The van der Waals surface area contributed by atoms with Crippen LogP contribution in [0.2, 0.25) is 0 Å². The molecule has 5 rings (SSSR count). The minimum atomic E-state index is 0.577. The number of methoxy groups -OCH3 is 1. The predicted molar refractivity (Wildman–Crippen MR) is 69.7 cm³/mol. The van der Waals surface area contributed by atoms with Gasteiger partial charge >= 0.3 is 0 Å². The Morgan fingerprint density at radius 1 is 1.11 bits per heavy atom. The molecular formula is C15H22N2O2. The molecule has 1 aromatic rings. The Hall–Kier alpha value is -0.900. The Labute approximate surface area is 113 Å². The van der Waals surface area contributed by atoms with E-state index in [0.29, 0.717) is 12.5 Å². The van der Waals surface area contributed by atoms with Crippen molar-refractivity contribution in [1.82, 2.24) is 10.1 Å². The van der Waals surface area contributed by atoms with Gasteiger partial charge in [0.15, 0.2) is 5.82 Å². The Morgan fingerprint density at radius 3 is 2.42 bits per heavy atom. The summed E-state index contributed by atoms with van der Waals surface area (Å²) in [5, 5.41) is 4.27. The molecule has 4 bridgehead atoms. The summed E-state index contributed by atoms with van der Waals surface area (Å²) in [6, 6.07) is 0. The Balaban J connectivity index is 1.54. The first kappa shape index (κ1) is 11.9. The van der Waals surface area contributed by atoms with E-state index < -0.39 is 0 Å². The summed E-state index contributed by atoms with van der Waals surface area (Å²) in [7, 11) is 1.70. The van der Waals surface area contributed by atoms with Crippen LogP contribution in [0.1, 0.15) is 49.7 Å². The molecule has 0 unspecified atom stereocenters. The van der Waals surface area contributed by atoms with E-state index in [1.807, 2.05) is 0 Å². The van der Waals surface area contributed by atoms with Crippen LogP contribution in [-0.2, 0) is 11.2 Å². The smallest absolute Gasteiger partial charge is 0.228 e. The van der Waals surface area contributed by atoms with E-state index in [0.717, 1.165) is 41.8 Å². The van der Waals surface area contributed by atoms with Gasteiger partial charge in [-0.15, -0.1) is 0 Å². The molecule has 4 aliphatic carbocycles. The summed E-state index contributed by atoms with van der Waals surface area (Å²) in [5.74, 6) is 5.95. The summed E-state index contributed by atoms with van der Waals surface area (Å²) in [4.78, 5) is 4.64. The molecule has 0 aliphatic heterocycles. The fraction of sp³-hybridized carbons (Fsp3) is 0.867. The van der Waals surface area contributed by atoms with Crippen molar-refractivity contribution in [3.05, 3.63) is 11.7 Å². The van der Waals surface area contributed by atoms with Crippen molar-refractivity contribution in [1.29, 1.82) is 0 Å². The molecule has 0 amide bonds. The van der Waals surface area contributed by atoms with Crippen molar-refractivity contribution in [2.75, 3.05) is 13.7 Å². The molecule has 4 saturated carbocycles. The molecule has 19 heavy (non-hydrogen) atoms. The lowest BCUT2D eigenvalue weighted by molar-refractivity contribution is -0.00629. The highest BCUT2D eigenvalue weighted by Gasteiger charge is 2.50. The van der Waals surface area contributed by atoms with Gasteiger partial charge in [-0.25, -0.2) is 0 Å². The van der Waals surface area contributed by atoms with E-state index in [-0.39, 0.29) is 0 Å². The molecule has 0 saturated heterocycles. The molecule has 1 heterocycles. The Kier molecular flexibility index (Phi) is 2.87. The number of hydrogen-bond donors (Lipinski definition) is 0. The summed E-state index contributed by atoms with van der Waals surface area (Å²) in [5.41, 5.74) is 0. The SMILES string of the molecule is COCCc1nc(C2C3CC4CC(C3)CC2C4)no1. The van der Waals surface area contributed by atoms with E-state index >= 15 is 0 Å². The normalized spacial score (nSPS) is 39.9. The van der Waals surface area contributed by atoms with Crippen LogP contribution in [0.15, 0.2) is 4.52 Å². The third-order valence-corrected chi connectivity index (χ3v) is 5.53. The van der Waals surface area contributed by atoms with Crippen molar-refractivity contribution in [2.45, 2.75) is 44.4 Å². The van der Waals surface area contributed by atoms with Gasteiger partial charge < -0.3 is 9.26 Å². The van der Waals surface area contributed by atoms with Gasteiger partial charge in [0.2, 0.25) is 5.89 Å². The summed E-state index contributed by atoms with van der Waals surface area (Å²) in [6.07, 6.45) is 7.83. The highest BCUT2D eigenvalue weighted by atomic mass is 16.5. The van der Waals surface area contributed by atoms with Crippen LogP contribution in [0.5, 0.6) is 0 Å². The van der Waals surface area contributed by atoms with Gasteiger partial charge in [0.25, 0.3) is 0 Å². The van der Waals surface area contributed by atoms with Crippen LogP contribution in [0.4, 0.5) is 0 Å². The number of aromatic nitrogens is 2. The lowest BCUT2D eigenvalue weighted by atomic mass is 9.52. The zero-order chi connectivity index (χ0) is 12.8. The van der Waals surface area contributed by atoms with Gasteiger partial charge in [-0.2, -0.15) is 4.98 Å². The Morgan fingerprint density at radius 2 is 1.79 bits per heavy atom. The first-order valence-corrected chi connectivity index (χ1v) is 7.65. The van der Waals surface area contributed by atoms with E-state index in [9.17, 15) is 0 Å². The van der Waals surface area contributed by atoms with Crippen LogP contribution in [0, 0.1) is 23.7 Å². The van der Waals surface area contributed by atoms with Gasteiger partial charge in [-0.05, 0) is 55.8 Å². The average Bonchev–Trinajstić information content (AvgIpc) is 2.83. The minimum absolute atomic E-state index is 0.577. The maximum atomic E-state index is 5.38. The van der Waals surface area contributed by atoms with Crippen LogP contribution >= 0.6 is 0 Å². The topological polar surface area (TPSA) is 48.2 Å². The number of rotatable bonds is 4. The quantitative estimate of drug-likeness (QED) is 0.837. The van der Waals surface area contributed by atoms with Crippen molar-refractivity contribution < 1.29 is 9.26 Å². The lowest BCUT2D eigenvalue weighted by Crippen LogP contribution is -2.44. The van der Waals surface area contributed by atoms with E-state index in [1.165, 1.54) is 32.1 Å². The van der Waals surface area contributed by atoms with Crippen molar-refractivity contribution >= 4 is 0 Å². The molecule has 0 aromatic carbocycles. The molecule has 1 aromatic heterocycles. The highest BCUT2D eigenvalue weighted by Crippen LogP contribution is 2.59. The maximum absolute atomic E-state index is 5.38. The zero-order valence-electron chi connectivity index (χ0n) is 11.5. The molecular weight excluding hydrogens is 240 g/mol. The van der Waals surface area contributed by atoms with E-state index in [2.05, 4.69) is 10.1 Å². The zero-order valence-corrected chi connectivity index (χ0v) is 11.5. The summed E-state index contributed by atoms with van der Waals surface area (Å²) < 4.78 is 10.4. The summed E-state index contributed by atoms with van der Waals surface area (Å²) >= 11 is 0. The highest BCUT2D eigenvalue weighted by molar-refractivity contribution is 5.10. The molecule has 104 valence electrons. The number of ether oxygens (including phenoxy) is 1. The average molecular weight is 262 g/mol. The number of hydrogen-bond acceptors (Lipinski definition) is 4. The largest absolute Gasteiger partial charge is 0.384 e. The van der Waals surface area contributed by atoms with Gasteiger partial charge in [0.1, 0.15) is 0 Å². The van der Waals surface area contributed by atoms with Crippen LogP contribution < -0.4 is 0 Å². The van der Waals surface area contributed by atoms with E-state index in [4.69, 9.17) is 9.26 Å². The molecule has 4 fully saturated rings. The fourth-order valence-corrected chi connectivity index (χ4v) is 5.04. The van der Waals surface area contributed by atoms with Gasteiger partial charge in [0.05, 0.1) is 13.0 Å². The second kappa shape index (κ2) is 4.58. The first-order chi connectivity index (χ1) is 9.33. The molecule has 4 nitrogen and oxygen atoms in total. The van der Waals surface area contributed by atoms with Crippen LogP contribution in [0.25, 0.3) is 0 Å². The molecule has 0 radical (unpaired) electrons. The molecule has 4 heteroatoms. The summed E-state index contributed by atoms with van der Waals surface area (Å²) in [6.45, 7) is 0.656. The first-order valence-electron chi connectivity index (χ1n) is 7.65. The number of nitrogens with zero attached hydrogens (tertiary/aromatic N) is 2. The standard InChI is InChI=1S/C15H22N2O2/c1-18-3-2-13-16-15(17-19-13)14-11-5-9-4-10(7-11)8-12(14)6-9/h9-12,14H,2-8H2,1H3. The molecule has 0 atom stereocenters. The van der Waals surface area contributed by atoms with Gasteiger partial charge in [-0.1, -0.05) is 5.16 Å². The van der Waals surface area contributed by atoms with Crippen LogP contribution in [0.3, 0.4) is 0 Å². The second-order valence-corrected chi connectivity index (χ2v) is 6.75. The molecule has 0 spiro atoms. The third-order valence-electron chi connectivity index (χ3n) is 5.53. The Bertz CT molecular complexity index is 429.